The van der Waals surface area contributed by atoms with Gasteiger partial charge in [0.25, 0.3) is 0 Å². The smallest absolute Gasteiger partial charge is 0.220 e. The second kappa shape index (κ2) is 9.63. The predicted octanol–water partition coefficient (Wildman–Crippen LogP) is 4.79. The Hall–Kier alpha value is -0.240. The summed E-state index contributed by atoms with van der Waals surface area (Å²) >= 11 is 6.03. The summed E-state index contributed by atoms with van der Waals surface area (Å²) in [6.45, 7) is 2.24. The van der Waals surface area contributed by atoms with E-state index in [1.54, 1.807) is 0 Å². The molecule has 0 heterocycles. The van der Waals surface area contributed by atoms with Crippen LogP contribution >= 0.6 is 11.6 Å². The zero-order valence-electron chi connectivity index (χ0n) is 12.5. The third-order valence-corrected chi connectivity index (χ3v) is 4.74. The highest BCUT2D eigenvalue weighted by molar-refractivity contribution is 6.18. The van der Waals surface area contributed by atoms with E-state index in [1.807, 2.05) is 0 Å². The first-order chi connectivity index (χ1) is 9.22. The molecule has 1 rings (SSSR count). The minimum absolute atomic E-state index is 0.0836. The van der Waals surface area contributed by atoms with Gasteiger partial charge in [0.15, 0.2) is 0 Å². The van der Waals surface area contributed by atoms with Crippen LogP contribution in [0.15, 0.2) is 0 Å². The van der Waals surface area contributed by atoms with Crippen molar-refractivity contribution in [1.82, 2.24) is 5.32 Å². The Kier molecular flexibility index (Phi) is 8.52. The Morgan fingerprint density at radius 2 is 1.63 bits per heavy atom. The number of alkyl halides is 1. The second-order valence-corrected chi connectivity index (χ2v) is 6.31. The summed E-state index contributed by atoms with van der Waals surface area (Å²) in [7, 11) is 0. The molecule has 0 unspecified atom stereocenters. The highest BCUT2D eigenvalue weighted by atomic mass is 35.5. The lowest BCUT2D eigenvalue weighted by Gasteiger charge is -2.27. The second-order valence-electron chi connectivity index (χ2n) is 6.04. The Labute approximate surface area is 123 Å². The lowest BCUT2D eigenvalue weighted by atomic mass is 10.00. The lowest BCUT2D eigenvalue weighted by Crippen LogP contribution is -2.47. The van der Waals surface area contributed by atoms with Crippen LogP contribution in [0.1, 0.15) is 84.0 Å². The van der Waals surface area contributed by atoms with E-state index in [1.165, 1.54) is 51.4 Å². The fourth-order valence-corrected chi connectivity index (χ4v) is 3.28. The van der Waals surface area contributed by atoms with Gasteiger partial charge in [-0.05, 0) is 19.3 Å². The van der Waals surface area contributed by atoms with Crippen molar-refractivity contribution in [2.45, 2.75) is 89.5 Å². The topological polar surface area (TPSA) is 29.1 Å². The van der Waals surface area contributed by atoms with Crippen LogP contribution in [-0.2, 0) is 4.79 Å². The molecule has 1 amide bonds. The fraction of sp³-hybridized carbons (Fsp3) is 0.938. The van der Waals surface area contributed by atoms with Gasteiger partial charge in [0, 0.05) is 12.3 Å². The van der Waals surface area contributed by atoms with E-state index in [0.29, 0.717) is 12.3 Å². The molecule has 0 aliphatic heterocycles. The first-order valence-electron chi connectivity index (χ1n) is 8.09. The normalized spacial score (nSPS) is 17.6. The number of carbonyl (C=O) groups is 1. The van der Waals surface area contributed by atoms with Gasteiger partial charge >= 0.3 is 0 Å². The zero-order valence-corrected chi connectivity index (χ0v) is 13.2. The molecule has 1 saturated carbocycles. The number of hydrogen-bond acceptors (Lipinski definition) is 1. The summed E-state index contributed by atoms with van der Waals surface area (Å²) < 4.78 is 0. The van der Waals surface area contributed by atoms with Gasteiger partial charge in [0.2, 0.25) is 5.91 Å². The van der Waals surface area contributed by atoms with Crippen molar-refractivity contribution < 1.29 is 4.79 Å². The van der Waals surface area contributed by atoms with Crippen LogP contribution in [0, 0.1) is 0 Å². The van der Waals surface area contributed by atoms with Crippen molar-refractivity contribution in [3.05, 3.63) is 0 Å². The Bertz CT molecular complexity index is 249. The van der Waals surface area contributed by atoms with Crippen LogP contribution in [0.4, 0.5) is 0 Å². The van der Waals surface area contributed by atoms with Crippen LogP contribution in [0.5, 0.6) is 0 Å². The Balaban J connectivity index is 2.04. The van der Waals surface area contributed by atoms with Gasteiger partial charge in [-0.2, -0.15) is 0 Å². The summed E-state index contributed by atoms with van der Waals surface area (Å²) in [5, 5.41) is 3.18. The van der Waals surface area contributed by atoms with Gasteiger partial charge in [-0.15, -0.1) is 11.6 Å². The van der Waals surface area contributed by atoms with Gasteiger partial charge in [0.05, 0.1) is 5.54 Å². The molecule has 0 aromatic carbocycles. The number of halogens is 1. The number of carbonyl (C=O) groups excluding carboxylic acids is 1. The van der Waals surface area contributed by atoms with E-state index in [0.717, 1.165) is 19.3 Å². The maximum Gasteiger partial charge on any atom is 0.220 e. The van der Waals surface area contributed by atoms with Crippen LogP contribution in [0.2, 0.25) is 0 Å². The van der Waals surface area contributed by atoms with Crippen LogP contribution in [0.25, 0.3) is 0 Å². The number of rotatable bonds is 10. The Morgan fingerprint density at radius 1 is 1.05 bits per heavy atom. The van der Waals surface area contributed by atoms with Crippen molar-refractivity contribution in [3.63, 3.8) is 0 Å². The van der Waals surface area contributed by atoms with E-state index in [-0.39, 0.29) is 11.4 Å². The van der Waals surface area contributed by atoms with E-state index >= 15 is 0 Å². The standard InChI is InChI=1S/C16H30ClNO/c1-2-3-4-5-6-7-8-11-15(19)18-16(14-17)12-9-10-13-16/h2-14H2,1H3,(H,18,19). The summed E-state index contributed by atoms with van der Waals surface area (Å²) in [6.07, 6.45) is 14.0. The predicted molar refractivity (Wildman–Crippen MR) is 82.7 cm³/mol. The molecule has 0 saturated heterocycles. The highest BCUT2D eigenvalue weighted by Gasteiger charge is 2.34. The molecule has 2 nitrogen and oxygen atoms in total. The molecule has 0 atom stereocenters. The number of nitrogens with one attached hydrogen (secondary N) is 1. The molecule has 1 aliphatic rings. The molecule has 3 heteroatoms. The van der Waals surface area contributed by atoms with Crippen LogP contribution < -0.4 is 5.32 Å². The monoisotopic (exact) mass is 287 g/mol. The maximum atomic E-state index is 11.9. The molecular formula is C16H30ClNO. The molecule has 0 radical (unpaired) electrons. The van der Waals surface area contributed by atoms with Gasteiger partial charge < -0.3 is 5.32 Å². The average molecular weight is 288 g/mol. The van der Waals surface area contributed by atoms with E-state index in [2.05, 4.69) is 12.2 Å². The molecule has 0 aromatic rings. The first kappa shape index (κ1) is 16.8. The largest absolute Gasteiger partial charge is 0.349 e. The molecular weight excluding hydrogens is 258 g/mol. The van der Waals surface area contributed by atoms with Gasteiger partial charge in [0.1, 0.15) is 0 Å². The molecule has 1 fully saturated rings. The van der Waals surface area contributed by atoms with Crippen molar-refractivity contribution >= 4 is 17.5 Å². The average Bonchev–Trinajstić information content (AvgIpc) is 2.87. The zero-order chi connectivity index (χ0) is 14.0. The number of unbranched alkanes of at least 4 members (excludes halogenated alkanes) is 6. The maximum absolute atomic E-state index is 11.9. The Morgan fingerprint density at radius 3 is 2.21 bits per heavy atom. The summed E-state index contributed by atoms with van der Waals surface area (Å²) in [5.74, 6) is 0.770. The van der Waals surface area contributed by atoms with Crippen LogP contribution in [0.3, 0.4) is 0 Å². The molecule has 0 aromatic heterocycles. The molecule has 1 aliphatic carbocycles. The third-order valence-electron chi connectivity index (χ3n) is 4.23. The van der Waals surface area contributed by atoms with Crippen molar-refractivity contribution in [2.75, 3.05) is 5.88 Å². The fourth-order valence-electron chi connectivity index (χ4n) is 2.94. The van der Waals surface area contributed by atoms with E-state index < -0.39 is 0 Å². The van der Waals surface area contributed by atoms with Gasteiger partial charge in [-0.1, -0.05) is 58.3 Å². The van der Waals surface area contributed by atoms with E-state index in [4.69, 9.17) is 11.6 Å². The summed E-state index contributed by atoms with van der Waals surface area (Å²) in [4.78, 5) is 11.9. The molecule has 0 spiro atoms. The quantitative estimate of drug-likeness (QED) is 0.454. The highest BCUT2D eigenvalue weighted by Crippen LogP contribution is 2.30. The first-order valence-corrected chi connectivity index (χ1v) is 8.63. The third kappa shape index (κ3) is 6.65. The number of amides is 1. The molecule has 19 heavy (non-hydrogen) atoms. The SMILES string of the molecule is CCCCCCCCCC(=O)NC1(CCl)CCCC1. The van der Waals surface area contributed by atoms with Crippen molar-refractivity contribution in [2.24, 2.45) is 0 Å². The van der Waals surface area contributed by atoms with Gasteiger partial charge in [-0.25, -0.2) is 0 Å². The van der Waals surface area contributed by atoms with Crippen molar-refractivity contribution in [1.29, 1.82) is 0 Å². The van der Waals surface area contributed by atoms with Gasteiger partial charge in [-0.3, -0.25) is 4.79 Å². The summed E-state index contributed by atoms with van der Waals surface area (Å²) in [6, 6.07) is 0. The van der Waals surface area contributed by atoms with Crippen LogP contribution in [-0.4, -0.2) is 17.3 Å². The molecule has 112 valence electrons. The van der Waals surface area contributed by atoms with Crippen molar-refractivity contribution in [3.8, 4) is 0 Å². The minimum atomic E-state index is -0.0836. The summed E-state index contributed by atoms with van der Waals surface area (Å²) in [5.41, 5.74) is -0.0836. The molecule has 0 bridgehead atoms. The molecule has 1 N–H and O–H groups in total. The lowest BCUT2D eigenvalue weighted by molar-refractivity contribution is -0.122. The minimum Gasteiger partial charge on any atom is -0.349 e. The number of hydrogen-bond donors (Lipinski definition) is 1. The van der Waals surface area contributed by atoms with E-state index in [9.17, 15) is 4.79 Å².